The number of aliphatic hydroxyl groups excluding tert-OH is 1. The summed E-state index contributed by atoms with van der Waals surface area (Å²) in [5, 5.41) is 10.0. The van der Waals surface area contributed by atoms with E-state index in [4.69, 9.17) is 9.47 Å². The molecule has 10 heteroatoms. The van der Waals surface area contributed by atoms with Crippen LogP contribution in [0.15, 0.2) is 53.4 Å². The van der Waals surface area contributed by atoms with E-state index < -0.39 is 16.1 Å². The van der Waals surface area contributed by atoms with E-state index in [1.807, 2.05) is 27.9 Å². The van der Waals surface area contributed by atoms with Gasteiger partial charge in [0.15, 0.2) is 0 Å². The Hall–Kier alpha value is -2.66. The first-order valence-corrected chi connectivity index (χ1v) is 15.1. The Balaban J connectivity index is 2.02. The van der Waals surface area contributed by atoms with Crippen LogP contribution in [0, 0.1) is 5.92 Å². The lowest BCUT2D eigenvalue weighted by atomic mass is 10.0. The molecule has 0 aromatic heterocycles. The first kappa shape index (κ1) is 30.9. The lowest BCUT2D eigenvalue weighted by Crippen LogP contribution is -2.47. The van der Waals surface area contributed by atoms with Crippen LogP contribution in [-0.4, -0.2) is 87.9 Å². The normalized spacial score (nSPS) is 22.5. The molecule has 1 aliphatic heterocycles. The first-order valence-electron chi connectivity index (χ1n) is 13.6. The maximum absolute atomic E-state index is 14.1. The maximum atomic E-state index is 14.1. The van der Waals surface area contributed by atoms with Crippen LogP contribution < -0.4 is 9.46 Å². The number of benzene rings is 2. The summed E-state index contributed by atoms with van der Waals surface area (Å²) in [5.41, 5.74) is 0.492. The number of likely N-dealkylation sites (N-methyl/N-ethyl adjacent to an activating group) is 1. The molecule has 0 unspecified atom stereocenters. The number of anilines is 1. The SMILES string of the molecule is C[C@@H]1CCCCO[C@H](CN(C)C)[C@@H](C)CN([C@@H](C)CO)C(=O)c2cc(NS(=O)(=O)c3ccccc3)ccc2O1. The van der Waals surface area contributed by atoms with Gasteiger partial charge in [-0.2, -0.15) is 0 Å². The zero-order chi connectivity index (χ0) is 28.6. The highest BCUT2D eigenvalue weighted by Gasteiger charge is 2.30. The minimum Gasteiger partial charge on any atom is -0.490 e. The minimum atomic E-state index is -3.86. The van der Waals surface area contributed by atoms with Crippen LogP contribution in [0.5, 0.6) is 5.75 Å². The average molecular weight is 562 g/mol. The number of sulfonamides is 1. The third-order valence-corrected chi connectivity index (χ3v) is 8.30. The highest BCUT2D eigenvalue weighted by atomic mass is 32.2. The van der Waals surface area contributed by atoms with E-state index in [1.165, 1.54) is 18.2 Å². The Kier molecular flexibility index (Phi) is 11.2. The van der Waals surface area contributed by atoms with Gasteiger partial charge in [-0.3, -0.25) is 9.52 Å². The van der Waals surface area contributed by atoms with Crippen molar-refractivity contribution in [3.8, 4) is 5.75 Å². The van der Waals surface area contributed by atoms with Gasteiger partial charge in [-0.15, -0.1) is 0 Å². The number of amides is 1. The van der Waals surface area contributed by atoms with Gasteiger partial charge in [-0.05, 0) is 77.5 Å². The molecule has 216 valence electrons. The van der Waals surface area contributed by atoms with Crippen LogP contribution in [0.1, 0.15) is 50.4 Å². The van der Waals surface area contributed by atoms with Gasteiger partial charge < -0.3 is 24.4 Å². The minimum absolute atomic E-state index is 0.0173. The van der Waals surface area contributed by atoms with Crippen LogP contribution >= 0.6 is 0 Å². The van der Waals surface area contributed by atoms with Crippen molar-refractivity contribution in [2.45, 2.75) is 63.2 Å². The van der Waals surface area contributed by atoms with Crippen molar-refractivity contribution in [1.82, 2.24) is 9.80 Å². The summed E-state index contributed by atoms with van der Waals surface area (Å²) in [6.07, 6.45) is 2.33. The molecule has 9 nitrogen and oxygen atoms in total. The number of carbonyl (C=O) groups is 1. The van der Waals surface area contributed by atoms with Gasteiger partial charge in [0.1, 0.15) is 5.75 Å². The number of fused-ring (bicyclic) bond motifs is 1. The fourth-order valence-electron chi connectivity index (χ4n) is 4.62. The van der Waals surface area contributed by atoms with E-state index in [0.29, 0.717) is 25.4 Å². The Morgan fingerprint density at radius 3 is 2.51 bits per heavy atom. The predicted octanol–water partition coefficient (Wildman–Crippen LogP) is 3.84. The zero-order valence-electron chi connectivity index (χ0n) is 23.7. The number of hydrogen-bond acceptors (Lipinski definition) is 7. The molecular formula is C29H43N3O6S. The van der Waals surface area contributed by atoms with Crippen LogP contribution in [0.25, 0.3) is 0 Å². The average Bonchev–Trinajstić information content (AvgIpc) is 2.90. The number of aliphatic hydroxyl groups is 1. The Labute approximate surface area is 233 Å². The third kappa shape index (κ3) is 8.66. The lowest BCUT2D eigenvalue weighted by Gasteiger charge is -2.35. The number of ether oxygens (including phenoxy) is 2. The molecule has 0 bridgehead atoms. The van der Waals surface area contributed by atoms with Gasteiger partial charge in [-0.25, -0.2) is 8.42 Å². The molecule has 0 radical (unpaired) electrons. The van der Waals surface area contributed by atoms with Gasteiger partial charge in [0, 0.05) is 31.3 Å². The van der Waals surface area contributed by atoms with Gasteiger partial charge in [-0.1, -0.05) is 25.1 Å². The molecule has 0 spiro atoms. The molecule has 2 aromatic rings. The molecule has 4 atom stereocenters. The first-order chi connectivity index (χ1) is 18.5. The van der Waals surface area contributed by atoms with E-state index in [2.05, 4.69) is 9.62 Å². The Morgan fingerprint density at radius 1 is 1.13 bits per heavy atom. The van der Waals surface area contributed by atoms with Crippen LogP contribution in [-0.2, 0) is 14.8 Å². The molecule has 2 aromatic carbocycles. The maximum Gasteiger partial charge on any atom is 0.261 e. The molecule has 3 rings (SSSR count). The second-order valence-corrected chi connectivity index (χ2v) is 12.4. The quantitative estimate of drug-likeness (QED) is 0.529. The molecular weight excluding hydrogens is 518 g/mol. The predicted molar refractivity (Wildman–Crippen MR) is 153 cm³/mol. The summed E-state index contributed by atoms with van der Waals surface area (Å²) in [4.78, 5) is 17.9. The summed E-state index contributed by atoms with van der Waals surface area (Å²) >= 11 is 0. The fraction of sp³-hybridized carbons (Fsp3) is 0.552. The highest BCUT2D eigenvalue weighted by Crippen LogP contribution is 2.29. The number of nitrogens with one attached hydrogen (secondary N) is 1. The van der Waals surface area contributed by atoms with Crippen molar-refractivity contribution in [2.75, 3.05) is 45.1 Å². The van der Waals surface area contributed by atoms with E-state index >= 15 is 0 Å². The number of hydrogen-bond donors (Lipinski definition) is 2. The smallest absolute Gasteiger partial charge is 0.261 e. The van der Waals surface area contributed by atoms with Gasteiger partial charge in [0.2, 0.25) is 0 Å². The molecule has 39 heavy (non-hydrogen) atoms. The van der Waals surface area contributed by atoms with Gasteiger partial charge in [0.05, 0.1) is 35.3 Å². The van der Waals surface area contributed by atoms with E-state index in [9.17, 15) is 18.3 Å². The topological polar surface area (TPSA) is 108 Å². The molecule has 1 heterocycles. The molecule has 1 amide bonds. The van der Waals surface area contributed by atoms with Gasteiger partial charge >= 0.3 is 0 Å². The molecule has 0 fully saturated rings. The Morgan fingerprint density at radius 2 is 1.85 bits per heavy atom. The van der Waals surface area contributed by atoms with Crippen molar-refractivity contribution in [2.24, 2.45) is 5.92 Å². The van der Waals surface area contributed by atoms with Crippen LogP contribution in [0.2, 0.25) is 0 Å². The van der Waals surface area contributed by atoms with Crippen molar-refractivity contribution < 1.29 is 27.8 Å². The third-order valence-electron chi connectivity index (χ3n) is 6.90. The van der Waals surface area contributed by atoms with Crippen molar-refractivity contribution >= 4 is 21.6 Å². The second-order valence-electron chi connectivity index (χ2n) is 10.7. The van der Waals surface area contributed by atoms with Crippen molar-refractivity contribution in [3.05, 3.63) is 54.1 Å². The summed E-state index contributed by atoms with van der Waals surface area (Å²) in [7, 11) is 0.132. The molecule has 0 aliphatic carbocycles. The fourth-order valence-corrected chi connectivity index (χ4v) is 5.69. The van der Waals surface area contributed by atoms with Crippen molar-refractivity contribution in [1.29, 1.82) is 0 Å². The van der Waals surface area contributed by atoms with E-state index in [-0.39, 0.29) is 46.8 Å². The number of nitrogens with zero attached hydrogens (tertiary/aromatic N) is 2. The molecule has 0 saturated carbocycles. The monoisotopic (exact) mass is 561 g/mol. The lowest BCUT2D eigenvalue weighted by molar-refractivity contribution is -0.0137. The largest absolute Gasteiger partial charge is 0.490 e. The summed E-state index contributed by atoms with van der Waals surface area (Å²) < 4.78 is 41.0. The summed E-state index contributed by atoms with van der Waals surface area (Å²) in [6.45, 7) is 7.27. The van der Waals surface area contributed by atoms with E-state index in [1.54, 1.807) is 42.2 Å². The van der Waals surface area contributed by atoms with Crippen molar-refractivity contribution in [3.63, 3.8) is 0 Å². The molecule has 2 N–H and O–H groups in total. The zero-order valence-corrected chi connectivity index (χ0v) is 24.5. The van der Waals surface area contributed by atoms with Crippen LogP contribution in [0.4, 0.5) is 5.69 Å². The standard InChI is InChI=1S/C29H43N3O6S/c1-21-18-32(22(2)20-33)29(34)26-17-24(30-39(35,36)25-12-7-6-8-13-25)14-15-27(26)38-23(3)11-9-10-16-37-28(21)19-31(4)5/h6-8,12-15,17,21-23,28,30,33H,9-11,16,18-20H2,1-5H3/t21-,22-,23+,28+/m0/s1. The Bertz CT molecular complexity index is 1170. The van der Waals surface area contributed by atoms with E-state index in [0.717, 1.165) is 19.3 Å². The molecule has 0 saturated heterocycles. The number of rotatable bonds is 7. The van der Waals surface area contributed by atoms with Crippen LogP contribution in [0.3, 0.4) is 0 Å². The number of carbonyl (C=O) groups excluding carboxylic acids is 1. The summed E-state index contributed by atoms with van der Waals surface area (Å²) in [5.74, 6) is 0.0273. The van der Waals surface area contributed by atoms with Gasteiger partial charge in [0.25, 0.3) is 15.9 Å². The highest BCUT2D eigenvalue weighted by molar-refractivity contribution is 7.92. The summed E-state index contributed by atoms with van der Waals surface area (Å²) in [6, 6.07) is 12.4. The molecule has 1 aliphatic rings. The second kappa shape index (κ2) is 14.1.